The van der Waals surface area contributed by atoms with Gasteiger partial charge in [0.25, 0.3) is 0 Å². The van der Waals surface area contributed by atoms with Crippen molar-refractivity contribution in [1.29, 1.82) is 0 Å². The molecular formula is C79H97Fe2O2P3. The second-order valence-corrected chi connectivity index (χ2v) is 32.2. The van der Waals surface area contributed by atoms with Crippen LogP contribution >= 0.6 is 23.8 Å². The molecule has 6 atom stereocenters. The van der Waals surface area contributed by atoms with E-state index in [2.05, 4.69) is 244 Å². The smallest absolute Gasteiger partial charge is 0.0830 e. The van der Waals surface area contributed by atoms with E-state index >= 15 is 0 Å². The predicted octanol–water partition coefficient (Wildman–Crippen LogP) is 18.1. The van der Waals surface area contributed by atoms with Crippen LogP contribution in [-0.2, 0) is 34.1 Å². The topological polar surface area (TPSA) is 40.5 Å². The molecule has 0 amide bonds. The van der Waals surface area contributed by atoms with Gasteiger partial charge in [0.05, 0.1) is 12.2 Å². The summed E-state index contributed by atoms with van der Waals surface area (Å²) in [6.45, 7) is 20.0. The monoisotopic (exact) mass is 1280 g/mol. The number of hydrogen-bond donors (Lipinski definition) is 2. The molecule has 7 heteroatoms. The number of aliphatic hydroxyl groups is 2. The van der Waals surface area contributed by atoms with Gasteiger partial charge in [-0.05, 0) is 175 Å². The largest absolute Gasteiger partial charge is 0.388 e. The van der Waals surface area contributed by atoms with E-state index in [0.29, 0.717) is 17.5 Å². The van der Waals surface area contributed by atoms with Crippen LogP contribution in [0.3, 0.4) is 0 Å². The summed E-state index contributed by atoms with van der Waals surface area (Å²) in [6, 6.07) is 67.2. The third kappa shape index (κ3) is 18.6. The average molecular weight is 1280 g/mol. The van der Waals surface area contributed by atoms with Crippen LogP contribution in [0.5, 0.6) is 0 Å². The quantitative estimate of drug-likeness (QED) is 0.0892. The van der Waals surface area contributed by atoms with Gasteiger partial charge in [0, 0.05) is 34.1 Å². The number of aryl methyl sites for hydroxylation is 8. The van der Waals surface area contributed by atoms with Gasteiger partial charge in [-0.2, -0.15) is 0 Å². The Morgan fingerprint density at radius 2 is 0.605 bits per heavy atom. The molecule has 2 N–H and O–H groups in total. The average Bonchev–Trinajstić information content (AvgIpc) is 1.42. The van der Waals surface area contributed by atoms with Crippen molar-refractivity contribution >= 4 is 66.2 Å². The number of hydrogen-bond acceptors (Lipinski definition) is 2. The van der Waals surface area contributed by atoms with Crippen LogP contribution in [0.15, 0.2) is 182 Å². The molecule has 8 aromatic rings. The van der Waals surface area contributed by atoms with Crippen LogP contribution in [-0.4, -0.2) is 15.9 Å². The van der Waals surface area contributed by atoms with Crippen molar-refractivity contribution in [1.82, 2.24) is 0 Å². The fourth-order valence-corrected chi connectivity index (χ4v) is 23.2. The van der Waals surface area contributed by atoms with Crippen LogP contribution in [0.2, 0.25) is 0 Å². The molecule has 2 nitrogen and oxygen atoms in total. The van der Waals surface area contributed by atoms with Gasteiger partial charge < -0.3 is 10.2 Å². The van der Waals surface area contributed by atoms with Crippen molar-refractivity contribution < 1.29 is 44.4 Å². The standard InChI is InChI=1S/C44H50OP2.C25H27OP.2C5H10.2Fe/c1-28-16-29(2)21-36(20-28)46(37-22-30(3)17-31(4)23-37)42-14-10-9-12-40(42)44(45)41-13-11-15-43(41)47(38-24-32(5)18-33(6)25-38)39-26-34(7)19-35(8)27-39;1-19-11-10-17-22(19)25(26)23-16-8-9-18-24(23)27(20-12-4-2-5-13-20)21-14-6-3-7-15-21;2*1-2-4-5-3-1;;/h9-10,12,14,16-27,41,43-45H,11,13,15H2,1-8H3;2-9,12-16,18-19,22,25-26H,10-11,17H2,1H3;2*1-5H2;;/t41?,43?,44-;19?,22?,25-;;;;/m11..../s1. The Morgan fingerprint density at radius 3 is 0.953 bits per heavy atom. The van der Waals surface area contributed by atoms with E-state index in [9.17, 15) is 10.2 Å². The summed E-state index contributed by atoms with van der Waals surface area (Å²) in [6.07, 6.45) is 21.1. The number of aliphatic hydroxyl groups excluding tert-OH is 2. The Labute approximate surface area is 544 Å². The molecule has 456 valence electrons. The Morgan fingerprint density at radius 1 is 0.314 bits per heavy atom. The summed E-state index contributed by atoms with van der Waals surface area (Å²) in [4.78, 5) is 0. The Balaban J connectivity index is 0.000000226. The van der Waals surface area contributed by atoms with Gasteiger partial charge in [0.15, 0.2) is 0 Å². The molecule has 4 aliphatic rings. The summed E-state index contributed by atoms with van der Waals surface area (Å²) >= 11 is 0. The third-order valence-corrected chi connectivity index (χ3v) is 25.9. The van der Waals surface area contributed by atoms with E-state index in [1.807, 2.05) is 0 Å². The maximum atomic E-state index is 12.7. The number of rotatable bonds is 13. The van der Waals surface area contributed by atoms with E-state index in [0.717, 1.165) is 36.8 Å². The molecule has 4 unspecified atom stereocenters. The van der Waals surface area contributed by atoms with Crippen molar-refractivity contribution in [3.05, 3.63) is 238 Å². The summed E-state index contributed by atoms with van der Waals surface area (Å²) in [5, 5.41) is 34.9. The zero-order valence-electron chi connectivity index (χ0n) is 53.0. The first-order chi connectivity index (χ1) is 40.7. The van der Waals surface area contributed by atoms with E-state index in [-0.39, 0.29) is 46.2 Å². The molecule has 4 saturated carbocycles. The van der Waals surface area contributed by atoms with Crippen molar-refractivity contribution in [2.24, 2.45) is 17.8 Å². The van der Waals surface area contributed by atoms with Crippen molar-refractivity contribution in [3.63, 3.8) is 0 Å². The van der Waals surface area contributed by atoms with E-state index in [1.54, 1.807) is 0 Å². The van der Waals surface area contributed by atoms with Crippen molar-refractivity contribution in [2.75, 3.05) is 0 Å². The maximum absolute atomic E-state index is 12.7. The van der Waals surface area contributed by atoms with Crippen molar-refractivity contribution in [2.45, 2.75) is 183 Å². The normalized spacial score (nSPS) is 18.6. The Kier molecular flexibility index (Phi) is 27.7. The van der Waals surface area contributed by atoms with Gasteiger partial charge in [-0.25, -0.2) is 0 Å². The summed E-state index contributed by atoms with van der Waals surface area (Å²) in [7, 11) is -2.22. The fourth-order valence-electron chi connectivity index (χ4n) is 14.3. The van der Waals surface area contributed by atoms with Gasteiger partial charge in [-0.1, -0.05) is 317 Å². The van der Waals surface area contributed by atoms with Crippen LogP contribution in [0, 0.1) is 73.1 Å². The van der Waals surface area contributed by atoms with Gasteiger partial charge in [-0.15, -0.1) is 0 Å². The first-order valence-corrected chi connectivity index (χ1v) is 36.2. The number of benzene rings is 8. The zero-order valence-corrected chi connectivity index (χ0v) is 57.9. The van der Waals surface area contributed by atoms with Crippen molar-refractivity contribution in [3.8, 4) is 0 Å². The minimum atomic E-state index is -0.868. The third-order valence-electron chi connectivity index (χ3n) is 18.0. The van der Waals surface area contributed by atoms with Gasteiger partial charge >= 0.3 is 0 Å². The van der Waals surface area contributed by atoms with Gasteiger partial charge in [0.2, 0.25) is 0 Å². The predicted molar refractivity (Wildman–Crippen MR) is 371 cm³/mol. The SMILES string of the molecule is C1CCCC1.C1CCCC1.CC1CCCC1[C@@H](O)c1ccccc1P(c1ccccc1)c1ccccc1.Cc1cc(C)cc(P(c2cc(C)cc(C)c2)c2ccccc2[C@@H](O)C2CCCC2P(c2cc(C)cc(C)c2)c2cc(C)cc(C)c2)c1.[Fe].[Fe]. The molecule has 0 aliphatic heterocycles. The van der Waals surface area contributed by atoms with E-state index in [4.69, 9.17) is 0 Å². The molecule has 86 heavy (non-hydrogen) atoms. The maximum Gasteiger partial charge on any atom is 0.0830 e. The van der Waals surface area contributed by atoms with Gasteiger partial charge in [0.1, 0.15) is 0 Å². The van der Waals surface area contributed by atoms with E-state index < -0.39 is 29.9 Å². The Hall–Kier alpha value is -3.99. The molecule has 0 saturated heterocycles. The molecule has 0 heterocycles. The molecule has 4 aliphatic carbocycles. The molecule has 0 radical (unpaired) electrons. The molecule has 12 rings (SSSR count). The minimum absolute atomic E-state index is 0. The van der Waals surface area contributed by atoms with Crippen LogP contribution < -0.4 is 42.4 Å². The summed E-state index contributed by atoms with van der Waals surface area (Å²) in [5.41, 5.74) is 13.1. The van der Waals surface area contributed by atoms with E-state index in [1.165, 1.54) is 164 Å². The summed E-state index contributed by atoms with van der Waals surface area (Å²) in [5.74, 6) is 1.15. The molecule has 4 fully saturated rings. The molecule has 0 bridgehead atoms. The first-order valence-electron chi connectivity index (χ1n) is 32.1. The zero-order chi connectivity index (χ0) is 59.1. The Bertz CT molecular complexity index is 3110. The van der Waals surface area contributed by atoms with Crippen LogP contribution in [0.1, 0.15) is 177 Å². The fraction of sp³-hybridized carbons (Fsp3) is 0.392. The first kappa shape index (κ1) is 69.5. The second-order valence-electron chi connectivity index (χ2n) is 25.4. The molecule has 0 aromatic heterocycles. The minimum Gasteiger partial charge on any atom is -0.388 e. The van der Waals surface area contributed by atoms with Crippen LogP contribution in [0.25, 0.3) is 0 Å². The molecule has 8 aromatic carbocycles. The molecular weight excluding hydrogens is 1190 g/mol. The van der Waals surface area contributed by atoms with Gasteiger partial charge in [-0.3, -0.25) is 0 Å². The molecule has 0 spiro atoms. The second kappa shape index (κ2) is 34.3. The van der Waals surface area contributed by atoms with Crippen LogP contribution in [0.4, 0.5) is 0 Å². The summed E-state index contributed by atoms with van der Waals surface area (Å²) < 4.78 is 0.